The maximum absolute atomic E-state index is 5.93. The molecule has 0 spiro atoms. The Balaban J connectivity index is 2.25. The quantitative estimate of drug-likeness (QED) is 0.859. The second-order valence-corrected chi connectivity index (χ2v) is 4.24. The van der Waals surface area contributed by atoms with Gasteiger partial charge >= 0.3 is 0 Å². The number of anilines is 2. The van der Waals surface area contributed by atoms with Gasteiger partial charge < -0.3 is 10.1 Å². The molecule has 0 saturated carbocycles. The van der Waals surface area contributed by atoms with Gasteiger partial charge in [0.1, 0.15) is 17.6 Å². The van der Waals surface area contributed by atoms with Crippen LogP contribution in [-0.4, -0.2) is 26.9 Å². The van der Waals surface area contributed by atoms with Gasteiger partial charge in [-0.05, 0) is 6.92 Å². The van der Waals surface area contributed by atoms with Crippen molar-refractivity contribution in [1.29, 1.82) is 0 Å². The number of hydrogen-bond acceptors (Lipinski definition) is 5. The van der Waals surface area contributed by atoms with Crippen molar-refractivity contribution in [1.82, 2.24) is 19.7 Å². The molecular formula is C11H14ClN5O. The predicted molar refractivity (Wildman–Crippen MR) is 69.0 cm³/mol. The summed E-state index contributed by atoms with van der Waals surface area (Å²) in [5, 5.41) is 7.78. The fraction of sp³-hybridized carbons (Fsp3) is 0.364. The third kappa shape index (κ3) is 2.96. The summed E-state index contributed by atoms with van der Waals surface area (Å²) in [6.07, 6.45) is 1.88. The monoisotopic (exact) mass is 267 g/mol. The number of nitrogens with one attached hydrogen (secondary N) is 1. The maximum atomic E-state index is 5.93. The topological polar surface area (TPSA) is 64.9 Å². The van der Waals surface area contributed by atoms with E-state index in [0.29, 0.717) is 23.4 Å². The zero-order chi connectivity index (χ0) is 13.1. The van der Waals surface area contributed by atoms with Crippen molar-refractivity contribution in [2.24, 2.45) is 7.05 Å². The average Bonchev–Trinajstić information content (AvgIpc) is 2.57. The predicted octanol–water partition coefficient (Wildman–Crippen LogP) is 2.06. The molecule has 2 rings (SSSR count). The van der Waals surface area contributed by atoms with Gasteiger partial charge in [0.15, 0.2) is 5.82 Å². The molecule has 0 fully saturated rings. The van der Waals surface area contributed by atoms with Gasteiger partial charge in [-0.25, -0.2) is 9.97 Å². The third-order valence-corrected chi connectivity index (χ3v) is 2.48. The first-order chi connectivity index (χ1) is 8.58. The van der Waals surface area contributed by atoms with Gasteiger partial charge in [0, 0.05) is 26.4 Å². The van der Waals surface area contributed by atoms with Crippen LogP contribution in [0.3, 0.4) is 0 Å². The Bertz CT molecular complexity index is 554. The SMILES string of the molecule is COCc1nc(Cl)cc(Nc2cn(C)nc2C)n1. The van der Waals surface area contributed by atoms with E-state index in [1.165, 1.54) is 0 Å². The molecule has 1 N–H and O–H groups in total. The molecule has 0 bridgehead atoms. The molecule has 18 heavy (non-hydrogen) atoms. The van der Waals surface area contributed by atoms with Gasteiger partial charge in [-0.2, -0.15) is 5.10 Å². The Hall–Kier alpha value is -1.66. The minimum Gasteiger partial charge on any atom is -0.377 e. The lowest BCUT2D eigenvalue weighted by Gasteiger charge is -2.06. The van der Waals surface area contributed by atoms with Gasteiger partial charge in [0.2, 0.25) is 0 Å². The first-order valence-corrected chi connectivity index (χ1v) is 5.76. The lowest BCUT2D eigenvalue weighted by Crippen LogP contribution is -2.01. The molecule has 0 unspecified atom stereocenters. The Labute approximate surface area is 110 Å². The summed E-state index contributed by atoms with van der Waals surface area (Å²) in [6.45, 7) is 2.24. The molecule has 0 atom stereocenters. The molecule has 7 heteroatoms. The Morgan fingerprint density at radius 1 is 1.44 bits per heavy atom. The van der Waals surface area contributed by atoms with Gasteiger partial charge in [0.25, 0.3) is 0 Å². The van der Waals surface area contributed by atoms with Crippen LogP contribution in [0.25, 0.3) is 0 Å². The van der Waals surface area contributed by atoms with E-state index >= 15 is 0 Å². The first kappa shape index (κ1) is 12.8. The van der Waals surface area contributed by atoms with Crippen LogP contribution in [0, 0.1) is 6.92 Å². The Morgan fingerprint density at radius 2 is 2.22 bits per heavy atom. The molecule has 0 aliphatic carbocycles. The molecule has 0 saturated heterocycles. The fourth-order valence-corrected chi connectivity index (χ4v) is 1.78. The number of nitrogens with zero attached hydrogens (tertiary/aromatic N) is 4. The zero-order valence-electron chi connectivity index (χ0n) is 10.4. The Kier molecular flexibility index (Phi) is 3.78. The van der Waals surface area contributed by atoms with Crippen LogP contribution in [0.15, 0.2) is 12.3 Å². The molecule has 0 radical (unpaired) electrons. The van der Waals surface area contributed by atoms with E-state index < -0.39 is 0 Å². The van der Waals surface area contributed by atoms with Gasteiger partial charge in [-0.15, -0.1) is 0 Å². The van der Waals surface area contributed by atoms with E-state index in [1.807, 2.05) is 20.2 Å². The van der Waals surface area contributed by atoms with E-state index in [-0.39, 0.29) is 0 Å². The fourth-order valence-electron chi connectivity index (χ4n) is 1.58. The highest BCUT2D eigenvalue weighted by molar-refractivity contribution is 6.29. The van der Waals surface area contributed by atoms with Crippen LogP contribution in [0.4, 0.5) is 11.5 Å². The van der Waals surface area contributed by atoms with Crippen LogP contribution in [-0.2, 0) is 18.4 Å². The lowest BCUT2D eigenvalue weighted by molar-refractivity contribution is 0.178. The van der Waals surface area contributed by atoms with Gasteiger partial charge in [-0.3, -0.25) is 4.68 Å². The lowest BCUT2D eigenvalue weighted by atomic mass is 10.4. The van der Waals surface area contributed by atoms with Crippen LogP contribution in [0.2, 0.25) is 5.15 Å². The minimum atomic E-state index is 0.321. The molecule has 0 aliphatic rings. The standard InChI is InChI=1S/C11H14ClN5O/c1-7-8(5-17(2)16-7)13-10-4-9(12)14-11(15-10)6-18-3/h4-5H,6H2,1-3H3,(H,13,14,15). The highest BCUT2D eigenvalue weighted by Gasteiger charge is 2.07. The number of ether oxygens (including phenoxy) is 1. The van der Waals surface area contributed by atoms with Crippen molar-refractivity contribution >= 4 is 23.1 Å². The van der Waals surface area contributed by atoms with Crippen LogP contribution < -0.4 is 5.32 Å². The summed E-state index contributed by atoms with van der Waals surface area (Å²) in [5.74, 6) is 1.16. The molecule has 0 amide bonds. The highest BCUT2D eigenvalue weighted by atomic mass is 35.5. The zero-order valence-corrected chi connectivity index (χ0v) is 11.2. The van der Waals surface area contributed by atoms with Crippen molar-refractivity contribution in [2.75, 3.05) is 12.4 Å². The summed E-state index contributed by atoms with van der Waals surface area (Å²) < 4.78 is 6.72. The first-order valence-electron chi connectivity index (χ1n) is 5.38. The average molecular weight is 268 g/mol. The summed E-state index contributed by atoms with van der Waals surface area (Å²) in [7, 11) is 3.45. The van der Waals surface area contributed by atoms with E-state index in [2.05, 4.69) is 20.4 Å². The maximum Gasteiger partial charge on any atom is 0.158 e. The number of hydrogen-bond donors (Lipinski definition) is 1. The normalized spacial score (nSPS) is 10.7. The number of methoxy groups -OCH3 is 1. The Morgan fingerprint density at radius 3 is 2.83 bits per heavy atom. The van der Waals surface area contributed by atoms with Crippen molar-refractivity contribution in [3.8, 4) is 0 Å². The largest absolute Gasteiger partial charge is 0.377 e. The van der Waals surface area contributed by atoms with Crippen LogP contribution in [0.1, 0.15) is 11.5 Å². The number of rotatable bonds is 4. The van der Waals surface area contributed by atoms with Crippen molar-refractivity contribution in [2.45, 2.75) is 13.5 Å². The van der Waals surface area contributed by atoms with Gasteiger partial charge in [-0.1, -0.05) is 11.6 Å². The third-order valence-electron chi connectivity index (χ3n) is 2.29. The van der Waals surface area contributed by atoms with E-state index in [9.17, 15) is 0 Å². The molecular weight excluding hydrogens is 254 g/mol. The second kappa shape index (κ2) is 5.32. The van der Waals surface area contributed by atoms with E-state index in [1.54, 1.807) is 17.9 Å². The molecule has 0 aromatic carbocycles. The summed E-state index contributed by atoms with van der Waals surface area (Å²) in [4.78, 5) is 8.36. The number of aryl methyl sites for hydroxylation is 2. The summed E-state index contributed by atoms with van der Waals surface area (Å²) in [6, 6.07) is 1.66. The number of aromatic nitrogens is 4. The highest BCUT2D eigenvalue weighted by Crippen LogP contribution is 2.19. The molecule has 6 nitrogen and oxygen atoms in total. The minimum absolute atomic E-state index is 0.321. The van der Waals surface area contributed by atoms with Crippen LogP contribution >= 0.6 is 11.6 Å². The molecule has 2 aromatic heterocycles. The second-order valence-electron chi connectivity index (χ2n) is 3.85. The smallest absolute Gasteiger partial charge is 0.158 e. The van der Waals surface area contributed by atoms with Crippen molar-refractivity contribution in [3.05, 3.63) is 28.9 Å². The van der Waals surface area contributed by atoms with Crippen molar-refractivity contribution < 1.29 is 4.74 Å². The molecule has 0 aliphatic heterocycles. The van der Waals surface area contributed by atoms with Crippen molar-refractivity contribution in [3.63, 3.8) is 0 Å². The van der Waals surface area contributed by atoms with Gasteiger partial charge in [0.05, 0.1) is 11.4 Å². The summed E-state index contributed by atoms with van der Waals surface area (Å²) >= 11 is 5.93. The molecule has 2 aromatic rings. The summed E-state index contributed by atoms with van der Waals surface area (Å²) in [5.41, 5.74) is 1.77. The van der Waals surface area contributed by atoms with E-state index in [4.69, 9.17) is 16.3 Å². The number of halogens is 1. The molecule has 2 heterocycles. The van der Waals surface area contributed by atoms with Crippen LogP contribution in [0.5, 0.6) is 0 Å². The molecule has 96 valence electrons. The van der Waals surface area contributed by atoms with E-state index in [0.717, 1.165) is 11.4 Å².